The molecule has 0 saturated carbocycles. The van der Waals surface area contributed by atoms with Crippen LogP contribution in [0.5, 0.6) is 0 Å². The third-order valence-corrected chi connectivity index (χ3v) is 3.42. The molecule has 1 fully saturated rings. The lowest BCUT2D eigenvalue weighted by atomic mass is 9.92. The van der Waals surface area contributed by atoms with Crippen LogP contribution in [0.1, 0.15) is 12.8 Å². The van der Waals surface area contributed by atoms with Crippen LogP contribution in [0.2, 0.25) is 0 Å². The molecule has 0 aromatic heterocycles. The molecule has 0 aliphatic carbocycles. The predicted octanol–water partition coefficient (Wildman–Crippen LogP) is 0.839. The van der Waals surface area contributed by atoms with Crippen molar-refractivity contribution in [3.05, 3.63) is 0 Å². The Hall–Kier alpha value is 0.130. The Labute approximate surface area is 74.5 Å². The summed E-state index contributed by atoms with van der Waals surface area (Å²) in [5, 5.41) is 9.55. The monoisotopic (exact) mass is 197 g/mol. The third-order valence-electron chi connectivity index (χ3n) is 2.16. The molecule has 1 unspecified atom stereocenters. The van der Waals surface area contributed by atoms with Crippen molar-refractivity contribution >= 4 is 11.8 Å². The first-order valence-electron chi connectivity index (χ1n) is 3.90. The highest BCUT2D eigenvalue weighted by molar-refractivity contribution is 7.99. The molecular formula is C7H13F2NOS. The summed E-state index contributed by atoms with van der Waals surface area (Å²) in [6.07, 6.45) is 0.793. The maximum absolute atomic E-state index is 13.0. The van der Waals surface area contributed by atoms with E-state index in [0.717, 1.165) is 5.75 Å². The Morgan fingerprint density at radius 3 is 2.67 bits per heavy atom. The van der Waals surface area contributed by atoms with Crippen LogP contribution < -0.4 is 5.73 Å². The van der Waals surface area contributed by atoms with Crippen LogP contribution in [0, 0.1) is 0 Å². The molecule has 1 atom stereocenters. The zero-order valence-corrected chi connectivity index (χ0v) is 7.54. The molecule has 1 heterocycles. The van der Waals surface area contributed by atoms with Crippen molar-refractivity contribution in [1.82, 2.24) is 0 Å². The molecule has 1 rings (SSSR count). The Bertz CT molecular complexity index is 159. The third kappa shape index (κ3) is 1.72. The molecule has 0 amide bonds. The van der Waals surface area contributed by atoms with E-state index in [1.54, 1.807) is 0 Å². The van der Waals surface area contributed by atoms with Gasteiger partial charge in [-0.25, -0.2) is 8.78 Å². The Kier molecular flexibility index (Phi) is 2.96. The van der Waals surface area contributed by atoms with Gasteiger partial charge in [-0.15, -0.1) is 0 Å². The zero-order valence-electron chi connectivity index (χ0n) is 6.72. The molecule has 1 aliphatic rings. The van der Waals surface area contributed by atoms with E-state index in [-0.39, 0.29) is 12.2 Å². The van der Waals surface area contributed by atoms with Crippen molar-refractivity contribution < 1.29 is 13.9 Å². The largest absolute Gasteiger partial charge is 0.383 e. The molecule has 5 heteroatoms. The van der Waals surface area contributed by atoms with Crippen LogP contribution in [-0.4, -0.2) is 34.7 Å². The lowest BCUT2D eigenvalue weighted by Gasteiger charge is -2.37. The highest BCUT2D eigenvalue weighted by atomic mass is 32.2. The van der Waals surface area contributed by atoms with Gasteiger partial charge in [-0.1, -0.05) is 0 Å². The minimum atomic E-state index is -3.14. The van der Waals surface area contributed by atoms with Crippen LogP contribution in [0.15, 0.2) is 0 Å². The van der Waals surface area contributed by atoms with Gasteiger partial charge in [0.15, 0.2) is 0 Å². The quantitative estimate of drug-likeness (QED) is 0.689. The van der Waals surface area contributed by atoms with E-state index in [2.05, 4.69) is 0 Å². The minimum absolute atomic E-state index is 0.0944. The van der Waals surface area contributed by atoms with E-state index < -0.39 is 18.1 Å². The fourth-order valence-electron chi connectivity index (χ4n) is 1.26. The van der Waals surface area contributed by atoms with Crippen molar-refractivity contribution in [2.75, 3.05) is 18.1 Å². The summed E-state index contributed by atoms with van der Waals surface area (Å²) in [7, 11) is 0. The number of aliphatic hydroxyl groups is 1. The second-order valence-corrected chi connectivity index (χ2v) is 4.20. The van der Waals surface area contributed by atoms with Gasteiger partial charge in [0, 0.05) is 5.75 Å². The zero-order chi connectivity index (χ0) is 9.24. The lowest BCUT2D eigenvalue weighted by Crippen LogP contribution is -2.55. The molecule has 0 spiro atoms. The van der Waals surface area contributed by atoms with Crippen LogP contribution in [-0.2, 0) is 0 Å². The minimum Gasteiger partial charge on any atom is -0.383 e. The molecule has 0 aromatic carbocycles. The van der Waals surface area contributed by atoms with Crippen molar-refractivity contribution in [3.8, 4) is 0 Å². The summed E-state index contributed by atoms with van der Waals surface area (Å²) in [4.78, 5) is 0. The summed E-state index contributed by atoms with van der Waals surface area (Å²) < 4.78 is 26.1. The first-order valence-corrected chi connectivity index (χ1v) is 5.05. The summed E-state index contributed by atoms with van der Waals surface area (Å²) in [6, 6.07) is 0. The normalized spacial score (nSPS) is 32.0. The standard InChI is InChI=1S/C7H13F2NOS/c8-7(9,4-10)6(11)2-1-3-12-5-6/h11H,1-5,10H2. The molecule has 2 nitrogen and oxygen atoms in total. The van der Waals surface area contributed by atoms with Gasteiger partial charge in [-0.05, 0) is 18.6 Å². The van der Waals surface area contributed by atoms with E-state index in [4.69, 9.17) is 5.73 Å². The van der Waals surface area contributed by atoms with Crippen LogP contribution >= 0.6 is 11.8 Å². The van der Waals surface area contributed by atoms with Gasteiger partial charge in [0.25, 0.3) is 5.92 Å². The molecule has 0 radical (unpaired) electrons. The highest BCUT2D eigenvalue weighted by Crippen LogP contribution is 2.38. The molecule has 72 valence electrons. The van der Waals surface area contributed by atoms with Crippen molar-refractivity contribution in [1.29, 1.82) is 0 Å². The van der Waals surface area contributed by atoms with Crippen LogP contribution in [0.4, 0.5) is 8.78 Å². The average molecular weight is 197 g/mol. The first kappa shape index (κ1) is 10.2. The molecule has 3 N–H and O–H groups in total. The van der Waals surface area contributed by atoms with E-state index in [1.165, 1.54) is 11.8 Å². The van der Waals surface area contributed by atoms with E-state index in [1.807, 2.05) is 0 Å². The van der Waals surface area contributed by atoms with Crippen molar-refractivity contribution in [2.24, 2.45) is 5.73 Å². The maximum atomic E-state index is 13.0. The number of rotatable bonds is 2. The SMILES string of the molecule is NCC(F)(F)C1(O)CCCSC1. The Balaban J connectivity index is 2.68. The summed E-state index contributed by atoms with van der Waals surface area (Å²) in [6.45, 7) is -0.774. The summed E-state index contributed by atoms with van der Waals surface area (Å²) in [5.41, 5.74) is 3.03. The number of hydrogen-bond donors (Lipinski definition) is 2. The van der Waals surface area contributed by atoms with E-state index in [9.17, 15) is 13.9 Å². The van der Waals surface area contributed by atoms with Crippen molar-refractivity contribution in [2.45, 2.75) is 24.4 Å². The first-order chi connectivity index (χ1) is 5.52. The molecule has 1 aliphatic heterocycles. The van der Waals surface area contributed by atoms with Gasteiger partial charge in [0.05, 0.1) is 6.54 Å². The second-order valence-electron chi connectivity index (χ2n) is 3.10. The van der Waals surface area contributed by atoms with Gasteiger partial charge in [-0.3, -0.25) is 0 Å². The molecular weight excluding hydrogens is 184 g/mol. The smallest absolute Gasteiger partial charge is 0.288 e. The van der Waals surface area contributed by atoms with Crippen LogP contribution in [0.25, 0.3) is 0 Å². The number of thioether (sulfide) groups is 1. The predicted molar refractivity (Wildman–Crippen MR) is 45.5 cm³/mol. The second kappa shape index (κ2) is 3.47. The highest BCUT2D eigenvalue weighted by Gasteiger charge is 2.51. The Morgan fingerprint density at radius 1 is 1.58 bits per heavy atom. The van der Waals surface area contributed by atoms with Gasteiger partial charge < -0.3 is 10.8 Å². The maximum Gasteiger partial charge on any atom is 0.288 e. The van der Waals surface area contributed by atoms with Gasteiger partial charge >= 0.3 is 0 Å². The van der Waals surface area contributed by atoms with Gasteiger partial charge in [-0.2, -0.15) is 11.8 Å². The lowest BCUT2D eigenvalue weighted by molar-refractivity contribution is -0.166. The summed E-state index contributed by atoms with van der Waals surface area (Å²) in [5.74, 6) is -2.19. The van der Waals surface area contributed by atoms with Gasteiger partial charge in [0.2, 0.25) is 0 Å². The van der Waals surface area contributed by atoms with Crippen LogP contribution in [0.3, 0.4) is 0 Å². The number of alkyl halides is 2. The van der Waals surface area contributed by atoms with E-state index >= 15 is 0 Å². The molecule has 12 heavy (non-hydrogen) atoms. The number of nitrogens with two attached hydrogens (primary N) is 1. The molecule has 1 saturated heterocycles. The fraction of sp³-hybridized carbons (Fsp3) is 1.00. The van der Waals surface area contributed by atoms with Gasteiger partial charge in [0.1, 0.15) is 5.60 Å². The summed E-state index contributed by atoms with van der Waals surface area (Å²) >= 11 is 1.36. The fourth-order valence-corrected chi connectivity index (χ4v) is 2.44. The Morgan fingerprint density at radius 2 is 2.25 bits per heavy atom. The van der Waals surface area contributed by atoms with E-state index in [0.29, 0.717) is 6.42 Å². The topological polar surface area (TPSA) is 46.2 Å². The molecule has 0 aromatic rings. The average Bonchev–Trinajstić information content (AvgIpc) is 2.06. The molecule has 0 bridgehead atoms. The van der Waals surface area contributed by atoms with Crippen molar-refractivity contribution in [3.63, 3.8) is 0 Å². The number of halogens is 2. The number of hydrogen-bond acceptors (Lipinski definition) is 3.